The summed E-state index contributed by atoms with van der Waals surface area (Å²) < 4.78 is 27.9. The van der Waals surface area contributed by atoms with E-state index in [1.54, 1.807) is 0 Å². The molecule has 0 aromatic rings. The second-order valence-electron chi connectivity index (χ2n) is 6.04. The van der Waals surface area contributed by atoms with Crippen molar-refractivity contribution in [2.45, 2.75) is 44.7 Å². The summed E-state index contributed by atoms with van der Waals surface area (Å²) in [7, 11) is 0.432. The van der Waals surface area contributed by atoms with E-state index in [0.717, 1.165) is 13.0 Å². The van der Waals surface area contributed by atoms with Gasteiger partial charge in [0.05, 0.1) is 18.6 Å². The third-order valence-corrected chi connectivity index (χ3v) is 5.95. The molecule has 1 aliphatic rings. The lowest BCUT2D eigenvalue weighted by Gasteiger charge is -2.31. The fourth-order valence-electron chi connectivity index (χ4n) is 2.59. The summed E-state index contributed by atoms with van der Waals surface area (Å²) in [6.07, 6.45) is 2.20. The zero-order valence-corrected chi connectivity index (χ0v) is 14.3. The Balaban J connectivity index is 2.58. The molecule has 1 saturated heterocycles. The van der Waals surface area contributed by atoms with Gasteiger partial charge in [-0.05, 0) is 39.8 Å². The molecule has 0 aromatic heterocycles. The van der Waals surface area contributed by atoms with Crippen LogP contribution in [0.4, 0.5) is 0 Å². The van der Waals surface area contributed by atoms with E-state index >= 15 is 0 Å². The summed E-state index contributed by atoms with van der Waals surface area (Å²) in [6.45, 7) is 5.28. The van der Waals surface area contributed by atoms with Gasteiger partial charge in [-0.1, -0.05) is 6.92 Å². The van der Waals surface area contributed by atoms with Gasteiger partial charge < -0.3 is 15.0 Å². The van der Waals surface area contributed by atoms with Crippen LogP contribution in [0, 0.1) is 0 Å². The highest BCUT2D eigenvalue weighted by molar-refractivity contribution is 7.91. The van der Waals surface area contributed by atoms with Gasteiger partial charge >= 0.3 is 5.97 Å². The van der Waals surface area contributed by atoms with Gasteiger partial charge in [0.2, 0.25) is 0 Å². The molecular weight excluding hydrogens is 292 g/mol. The first-order chi connectivity index (χ1) is 9.74. The van der Waals surface area contributed by atoms with Crippen LogP contribution < -0.4 is 5.32 Å². The quantitative estimate of drug-likeness (QED) is 0.654. The number of esters is 1. The highest BCUT2D eigenvalue weighted by Gasteiger charge is 2.36. The molecular formula is C14H28N2O4S. The van der Waals surface area contributed by atoms with Crippen molar-refractivity contribution in [3.05, 3.63) is 0 Å². The number of sulfone groups is 1. The Labute approximate surface area is 128 Å². The molecule has 7 heteroatoms. The van der Waals surface area contributed by atoms with E-state index in [-0.39, 0.29) is 23.5 Å². The van der Waals surface area contributed by atoms with E-state index in [2.05, 4.69) is 5.32 Å². The van der Waals surface area contributed by atoms with Gasteiger partial charge in [0.15, 0.2) is 9.84 Å². The summed E-state index contributed by atoms with van der Waals surface area (Å²) in [5, 5.41) is 3.24. The molecule has 124 valence electrons. The average Bonchev–Trinajstić information content (AvgIpc) is 2.81. The molecule has 1 fully saturated rings. The van der Waals surface area contributed by atoms with Gasteiger partial charge in [0.25, 0.3) is 0 Å². The summed E-state index contributed by atoms with van der Waals surface area (Å²) in [6, 6.07) is 0.0584. The first-order valence-corrected chi connectivity index (χ1v) is 9.30. The number of hydrogen-bond donors (Lipinski definition) is 1. The van der Waals surface area contributed by atoms with Gasteiger partial charge in [-0.15, -0.1) is 0 Å². The van der Waals surface area contributed by atoms with Crippen molar-refractivity contribution in [1.82, 2.24) is 10.2 Å². The van der Waals surface area contributed by atoms with Crippen molar-refractivity contribution in [3.8, 4) is 0 Å². The van der Waals surface area contributed by atoms with E-state index in [1.165, 1.54) is 7.11 Å². The van der Waals surface area contributed by atoms with E-state index in [0.29, 0.717) is 19.4 Å². The van der Waals surface area contributed by atoms with Gasteiger partial charge in [0, 0.05) is 12.6 Å². The Morgan fingerprint density at radius 2 is 2.14 bits per heavy atom. The number of methoxy groups -OCH3 is 1. The van der Waals surface area contributed by atoms with Crippen molar-refractivity contribution < 1.29 is 17.9 Å². The highest BCUT2D eigenvalue weighted by Crippen LogP contribution is 2.19. The first kappa shape index (κ1) is 18.4. The van der Waals surface area contributed by atoms with Crippen molar-refractivity contribution in [1.29, 1.82) is 0 Å². The lowest BCUT2D eigenvalue weighted by Crippen LogP contribution is -2.52. The highest BCUT2D eigenvalue weighted by atomic mass is 32.2. The van der Waals surface area contributed by atoms with Crippen molar-refractivity contribution in [2.75, 3.05) is 38.8 Å². The molecule has 2 unspecified atom stereocenters. The maximum Gasteiger partial charge on any atom is 0.325 e. The van der Waals surface area contributed by atoms with Crippen molar-refractivity contribution >= 4 is 15.8 Å². The van der Waals surface area contributed by atoms with Gasteiger partial charge in [-0.2, -0.15) is 0 Å². The maximum atomic E-state index is 12.0. The molecule has 0 spiro atoms. The Kier molecular flexibility index (Phi) is 6.62. The molecule has 21 heavy (non-hydrogen) atoms. The minimum atomic E-state index is -2.88. The third kappa shape index (κ3) is 5.23. The average molecular weight is 320 g/mol. The lowest BCUT2D eigenvalue weighted by molar-refractivity contribution is -0.148. The van der Waals surface area contributed by atoms with Crippen LogP contribution in [0.3, 0.4) is 0 Å². The van der Waals surface area contributed by atoms with E-state index in [1.807, 2.05) is 25.8 Å². The van der Waals surface area contributed by atoms with Crippen LogP contribution in [-0.4, -0.2) is 69.6 Å². The fourth-order valence-corrected chi connectivity index (χ4v) is 4.40. The molecule has 1 N–H and O–H groups in total. The number of nitrogens with zero attached hydrogens (tertiary/aromatic N) is 1. The third-order valence-electron chi connectivity index (χ3n) is 4.20. The van der Waals surface area contributed by atoms with E-state index in [4.69, 9.17) is 4.74 Å². The van der Waals surface area contributed by atoms with Crippen LogP contribution in [0.5, 0.6) is 0 Å². The van der Waals surface area contributed by atoms with Crippen LogP contribution in [0.1, 0.15) is 33.1 Å². The maximum absolute atomic E-state index is 12.0. The molecule has 6 nitrogen and oxygen atoms in total. The minimum Gasteiger partial charge on any atom is -0.468 e. The molecule has 2 atom stereocenters. The second kappa shape index (κ2) is 7.56. The van der Waals surface area contributed by atoms with Crippen LogP contribution in [0.15, 0.2) is 0 Å². The monoisotopic (exact) mass is 320 g/mol. The molecule has 0 saturated carbocycles. The van der Waals surface area contributed by atoms with Gasteiger partial charge in [-0.25, -0.2) is 8.42 Å². The second-order valence-corrected chi connectivity index (χ2v) is 8.27. The molecule has 0 aliphatic carbocycles. The zero-order chi connectivity index (χ0) is 16.1. The summed E-state index contributed by atoms with van der Waals surface area (Å²) >= 11 is 0. The fraction of sp³-hybridized carbons (Fsp3) is 0.929. The number of hydrogen-bond acceptors (Lipinski definition) is 6. The molecule has 1 aliphatic heterocycles. The summed E-state index contributed by atoms with van der Waals surface area (Å²) in [4.78, 5) is 14.0. The topological polar surface area (TPSA) is 75.7 Å². The minimum absolute atomic E-state index is 0.0584. The number of nitrogens with one attached hydrogen (secondary N) is 1. The Morgan fingerprint density at radius 1 is 1.48 bits per heavy atom. The zero-order valence-electron chi connectivity index (χ0n) is 13.5. The van der Waals surface area contributed by atoms with Crippen molar-refractivity contribution in [2.24, 2.45) is 0 Å². The van der Waals surface area contributed by atoms with Gasteiger partial charge in [-0.3, -0.25) is 4.79 Å². The van der Waals surface area contributed by atoms with Crippen LogP contribution in [0.2, 0.25) is 0 Å². The number of ether oxygens (including phenoxy) is 1. The predicted molar refractivity (Wildman–Crippen MR) is 83.0 cm³/mol. The molecule has 0 radical (unpaired) electrons. The Bertz CT molecular complexity index is 452. The summed E-state index contributed by atoms with van der Waals surface area (Å²) in [5.74, 6) is 0.217. The SMILES string of the molecule is CCCNC(C)(CCN(C)C1CCS(=O)(=O)C1)C(=O)OC. The van der Waals surface area contributed by atoms with Crippen LogP contribution in [0.25, 0.3) is 0 Å². The number of rotatable bonds is 8. The smallest absolute Gasteiger partial charge is 0.325 e. The van der Waals surface area contributed by atoms with Crippen molar-refractivity contribution in [3.63, 3.8) is 0 Å². The van der Waals surface area contributed by atoms with Crippen LogP contribution in [-0.2, 0) is 19.4 Å². The number of carbonyl (C=O) groups is 1. The summed E-state index contributed by atoms with van der Waals surface area (Å²) in [5.41, 5.74) is -0.726. The largest absolute Gasteiger partial charge is 0.468 e. The molecule has 0 aromatic carbocycles. The van der Waals surface area contributed by atoms with E-state index in [9.17, 15) is 13.2 Å². The molecule has 0 amide bonds. The van der Waals surface area contributed by atoms with E-state index < -0.39 is 15.4 Å². The normalized spacial score (nSPS) is 24.0. The standard InChI is InChI=1S/C14H28N2O4S/c1-5-8-15-14(2,13(17)20-4)7-9-16(3)12-6-10-21(18,19)11-12/h12,15H,5-11H2,1-4H3. The van der Waals surface area contributed by atoms with Crippen LogP contribution >= 0.6 is 0 Å². The molecule has 1 rings (SSSR count). The lowest BCUT2D eigenvalue weighted by atomic mass is 9.97. The van der Waals surface area contributed by atoms with Gasteiger partial charge in [0.1, 0.15) is 5.54 Å². The Hall–Kier alpha value is -0.660. The predicted octanol–water partition coefficient (Wildman–Crippen LogP) is 0.427. The first-order valence-electron chi connectivity index (χ1n) is 7.48. The molecule has 0 bridgehead atoms. The Morgan fingerprint density at radius 3 is 2.62 bits per heavy atom. The molecule has 1 heterocycles. The number of carbonyl (C=O) groups excluding carboxylic acids is 1.